The van der Waals surface area contributed by atoms with Crippen molar-refractivity contribution < 1.29 is 4.79 Å². The summed E-state index contributed by atoms with van der Waals surface area (Å²) in [7, 11) is 0. The molecule has 1 heterocycles. The molecule has 17 heavy (non-hydrogen) atoms. The average molecular weight is 253 g/mol. The predicted octanol–water partition coefficient (Wildman–Crippen LogP) is 1.87. The third-order valence-corrected chi connectivity index (χ3v) is 3.48. The Morgan fingerprint density at radius 3 is 2.41 bits per heavy atom. The normalized spacial score (nSPS) is 28.1. The summed E-state index contributed by atoms with van der Waals surface area (Å²) < 4.78 is 0. The molecule has 1 aromatic rings. The Balaban J connectivity index is 0.00000108. The highest BCUT2D eigenvalue weighted by atomic mass is 35.5. The van der Waals surface area contributed by atoms with E-state index in [1.807, 2.05) is 23.1 Å². The van der Waals surface area contributed by atoms with Crippen LogP contribution in [-0.2, 0) is 4.79 Å². The number of nitrogens with zero attached hydrogens (tertiary/aromatic N) is 1. The molecule has 0 aromatic heterocycles. The van der Waals surface area contributed by atoms with Gasteiger partial charge in [0.05, 0.1) is 6.04 Å². The van der Waals surface area contributed by atoms with E-state index in [4.69, 9.17) is 5.73 Å². The van der Waals surface area contributed by atoms with Crippen LogP contribution in [-0.4, -0.2) is 22.9 Å². The van der Waals surface area contributed by atoms with Crippen molar-refractivity contribution in [1.82, 2.24) is 4.90 Å². The molecule has 1 saturated heterocycles. The summed E-state index contributed by atoms with van der Waals surface area (Å²) in [5.41, 5.74) is 7.27. The third-order valence-electron chi connectivity index (χ3n) is 3.48. The monoisotopic (exact) mass is 252 g/mol. The Morgan fingerprint density at radius 1 is 1.18 bits per heavy atom. The van der Waals surface area contributed by atoms with Crippen LogP contribution in [0, 0.1) is 0 Å². The second-order valence-corrected chi connectivity index (χ2v) is 4.76. The molecule has 1 aromatic carbocycles. The van der Waals surface area contributed by atoms with E-state index in [-0.39, 0.29) is 30.4 Å². The maximum atomic E-state index is 11.9. The van der Waals surface area contributed by atoms with Gasteiger partial charge in [0.15, 0.2) is 0 Å². The topological polar surface area (TPSA) is 46.3 Å². The Bertz CT molecular complexity index is 405. The Labute approximate surface area is 107 Å². The summed E-state index contributed by atoms with van der Waals surface area (Å²) in [5.74, 6) is 0.226. The molecule has 0 radical (unpaired) electrons. The van der Waals surface area contributed by atoms with Crippen molar-refractivity contribution in [2.45, 2.75) is 37.4 Å². The first-order chi connectivity index (χ1) is 7.77. The van der Waals surface area contributed by atoms with Crippen molar-refractivity contribution in [2.24, 2.45) is 5.73 Å². The van der Waals surface area contributed by atoms with Crippen molar-refractivity contribution in [1.29, 1.82) is 0 Å². The van der Waals surface area contributed by atoms with Gasteiger partial charge in [0, 0.05) is 18.5 Å². The zero-order valence-electron chi connectivity index (χ0n) is 9.58. The molecular formula is C13H17ClN2O. The highest BCUT2D eigenvalue weighted by molar-refractivity contribution is 5.85. The number of carbonyl (C=O) groups excluding carboxylic acids is 1. The highest BCUT2D eigenvalue weighted by Gasteiger charge is 2.45. The summed E-state index contributed by atoms with van der Waals surface area (Å²) in [6, 6.07) is 10.7. The van der Waals surface area contributed by atoms with Crippen molar-refractivity contribution in [2.75, 3.05) is 0 Å². The Hall–Kier alpha value is -1.06. The predicted molar refractivity (Wildman–Crippen MR) is 68.9 cm³/mol. The molecule has 2 atom stereocenters. The van der Waals surface area contributed by atoms with E-state index < -0.39 is 0 Å². The van der Waals surface area contributed by atoms with Crippen LogP contribution in [0.1, 0.15) is 30.9 Å². The molecule has 1 aliphatic heterocycles. The van der Waals surface area contributed by atoms with E-state index in [1.165, 1.54) is 5.56 Å². The lowest BCUT2D eigenvalue weighted by molar-refractivity contribution is -0.129. The number of amides is 1. The number of halogens is 1. The van der Waals surface area contributed by atoms with Gasteiger partial charge >= 0.3 is 0 Å². The van der Waals surface area contributed by atoms with E-state index in [0.717, 1.165) is 12.8 Å². The summed E-state index contributed by atoms with van der Waals surface area (Å²) >= 11 is 0. The molecule has 1 aliphatic carbocycles. The van der Waals surface area contributed by atoms with Gasteiger partial charge in [-0.3, -0.25) is 4.79 Å². The zero-order chi connectivity index (χ0) is 11.1. The zero-order valence-corrected chi connectivity index (χ0v) is 10.4. The lowest BCUT2D eigenvalue weighted by Gasteiger charge is -2.27. The standard InChI is InChI=1S/C13H16N2O.ClH/c14-11-8-12(16)15(10-6-7-10)13(11)9-4-2-1-3-5-9;/h1-5,10-11,13H,6-8,14H2;1H/t11-,13+;/m1./s1. The fourth-order valence-corrected chi connectivity index (χ4v) is 2.62. The summed E-state index contributed by atoms with van der Waals surface area (Å²) in [5, 5.41) is 0. The van der Waals surface area contributed by atoms with Crippen LogP contribution in [0.4, 0.5) is 0 Å². The van der Waals surface area contributed by atoms with Gasteiger partial charge in [0.1, 0.15) is 0 Å². The van der Waals surface area contributed by atoms with Crippen LogP contribution in [0.2, 0.25) is 0 Å². The largest absolute Gasteiger partial charge is 0.331 e. The molecule has 92 valence electrons. The maximum Gasteiger partial charge on any atom is 0.225 e. The fraction of sp³-hybridized carbons (Fsp3) is 0.462. The molecule has 4 heteroatoms. The van der Waals surface area contributed by atoms with Gasteiger partial charge in [-0.05, 0) is 18.4 Å². The van der Waals surface area contributed by atoms with Crippen LogP contribution in [0.5, 0.6) is 0 Å². The van der Waals surface area contributed by atoms with E-state index in [2.05, 4.69) is 12.1 Å². The molecule has 1 amide bonds. The van der Waals surface area contributed by atoms with Gasteiger partial charge in [-0.15, -0.1) is 12.4 Å². The van der Waals surface area contributed by atoms with Gasteiger partial charge in [0.25, 0.3) is 0 Å². The number of hydrogen-bond donors (Lipinski definition) is 1. The molecule has 2 fully saturated rings. The summed E-state index contributed by atoms with van der Waals surface area (Å²) in [6.07, 6.45) is 2.78. The minimum absolute atomic E-state index is 0. The number of likely N-dealkylation sites (tertiary alicyclic amines) is 1. The number of benzene rings is 1. The smallest absolute Gasteiger partial charge is 0.225 e. The molecule has 0 bridgehead atoms. The van der Waals surface area contributed by atoms with Gasteiger partial charge in [-0.1, -0.05) is 30.3 Å². The minimum Gasteiger partial charge on any atom is -0.331 e. The van der Waals surface area contributed by atoms with Crippen LogP contribution in [0.3, 0.4) is 0 Å². The molecule has 2 N–H and O–H groups in total. The van der Waals surface area contributed by atoms with Gasteiger partial charge in [0.2, 0.25) is 5.91 Å². The van der Waals surface area contributed by atoms with Crippen LogP contribution >= 0.6 is 12.4 Å². The average Bonchev–Trinajstić information content (AvgIpc) is 3.06. The van der Waals surface area contributed by atoms with Gasteiger partial charge in [-0.25, -0.2) is 0 Å². The molecule has 0 unspecified atom stereocenters. The molecule has 2 aliphatic rings. The van der Waals surface area contributed by atoms with Crippen molar-refractivity contribution in [3.8, 4) is 0 Å². The Morgan fingerprint density at radius 2 is 1.82 bits per heavy atom. The minimum atomic E-state index is -0.0458. The number of hydrogen-bond acceptors (Lipinski definition) is 2. The number of carbonyl (C=O) groups is 1. The number of nitrogens with two attached hydrogens (primary N) is 1. The Kier molecular flexibility index (Phi) is 3.40. The van der Waals surface area contributed by atoms with E-state index in [1.54, 1.807) is 0 Å². The lowest BCUT2D eigenvalue weighted by atomic mass is 10.0. The molecule has 0 spiro atoms. The van der Waals surface area contributed by atoms with Crippen molar-refractivity contribution >= 4 is 18.3 Å². The maximum absolute atomic E-state index is 11.9. The molecule has 3 nitrogen and oxygen atoms in total. The fourth-order valence-electron chi connectivity index (χ4n) is 2.62. The van der Waals surface area contributed by atoms with E-state index >= 15 is 0 Å². The number of rotatable bonds is 2. The molecule has 1 saturated carbocycles. The third kappa shape index (κ3) is 2.17. The highest BCUT2D eigenvalue weighted by Crippen LogP contribution is 2.40. The van der Waals surface area contributed by atoms with E-state index in [0.29, 0.717) is 12.5 Å². The van der Waals surface area contributed by atoms with Crippen LogP contribution in [0.25, 0.3) is 0 Å². The second kappa shape index (κ2) is 4.67. The van der Waals surface area contributed by atoms with Crippen LogP contribution < -0.4 is 5.73 Å². The first kappa shape index (κ1) is 12.4. The van der Waals surface area contributed by atoms with E-state index in [9.17, 15) is 4.79 Å². The van der Waals surface area contributed by atoms with Crippen molar-refractivity contribution in [3.63, 3.8) is 0 Å². The van der Waals surface area contributed by atoms with Crippen LogP contribution in [0.15, 0.2) is 30.3 Å². The first-order valence-corrected chi connectivity index (χ1v) is 5.89. The summed E-state index contributed by atoms with van der Waals surface area (Å²) in [6.45, 7) is 0. The quantitative estimate of drug-likeness (QED) is 0.874. The second-order valence-electron chi connectivity index (χ2n) is 4.76. The molecular weight excluding hydrogens is 236 g/mol. The first-order valence-electron chi connectivity index (χ1n) is 5.89. The summed E-state index contributed by atoms with van der Waals surface area (Å²) in [4.78, 5) is 13.9. The molecule has 3 rings (SSSR count). The SMILES string of the molecule is Cl.N[C@@H]1CC(=O)N(C2CC2)[C@H]1c1ccccc1. The van der Waals surface area contributed by atoms with Gasteiger partial charge < -0.3 is 10.6 Å². The van der Waals surface area contributed by atoms with Gasteiger partial charge in [-0.2, -0.15) is 0 Å². The lowest BCUT2D eigenvalue weighted by Crippen LogP contribution is -2.34. The van der Waals surface area contributed by atoms with Crippen molar-refractivity contribution in [3.05, 3.63) is 35.9 Å².